The van der Waals surface area contributed by atoms with Crippen molar-refractivity contribution < 1.29 is 4.39 Å². The molecule has 3 rings (SSSR count). The number of hydrogen-bond acceptors (Lipinski definition) is 3. The van der Waals surface area contributed by atoms with E-state index in [-0.39, 0.29) is 11.9 Å². The molecule has 1 fully saturated rings. The van der Waals surface area contributed by atoms with E-state index in [9.17, 15) is 4.39 Å². The van der Waals surface area contributed by atoms with Crippen LogP contribution in [0.5, 0.6) is 0 Å². The van der Waals surface area contributed by atoms with E-state index in [4.69, 9.17) is 0 Å². The lowest BCUT2D eigenvalue weighted by Crippen LogP contribution is -2.23. The predicted molar refractivity (Wildman–Crippen MR) is 67.8 cm³/mol. The third kappa shape index (κ3) is 2.06. The average Bonchev–Trinajstić information content (AvgIpc) is 2.90. The van der Waals surface area contributed by atoms with Crippen LogP contribution in [0, 0.1) is 5.82 Å². The van der Waals surface area contributed by atoms with Crippen LogP contribution in [0.4, 0.5) is 10.2 Å². The second-order valence-electron chi connectivity index (χ2n) is 4.47. The third-order valence-electron chi connectivity index (χ3n) is 3.35. The molecule has 2 heterocycles. The van der Waals surface area contributed by atoms with Crippen LogP contribution in [-0.4, -0.2) is 16.5 Å². The highest BCUT2D eigenvalue weighted by Gasteiger charge is 2.26. The Kier molecular flexibility index (Phi) is 2.92. The van der Waals surface area contributed by atoms with E-state index in [1.807, 2.05) is 12.1 Å². The molecule has 0 N–H and O–H groups in total. The summed E-state index contributed by atoms with van der Waals surface area (Å²) >= 11 is 0. The number of aromatic nitrogens is 2. The predicted octanol–water partition coefficient (Wildman–Crippen LogP) is 2.96. The van der Waals surface area contributed by atoms with Gasteiger partial charge in [-0.15, -0.1) is 0 Å². The summed E-state index contributed by atoms with van der Waals surface area (Å²) < 4.78 is 13.0. The van der Waals surface area contributed by atoms with Gasteiger partial charge in [-0.05, 0) is 30.5 Å². The Balaban J connectivity index is 1.90. The van der Waals surface area contributed by atoms with Gasteiger partial charge in [0.25, 0.3) is 0 Å². The van der Waals surface area contributed by atoms with E-state index in [0.29, 0.717) is 0 Å². The van der Waals surface area contributed by atoms with Crippen LogP contribution in [0.1, 0.15) is 24.4 Å². The molecule has 1 saturated heterocycles. The van der Waals surface area contributed by atoms with Crippen LogP contribution in [-0.2, 0) is 0 Å². The lowest BCUT2D eigenvalue weighted by molar-refractivity contribution is 0.624. The molecule has 1 aliphatic heterocycles. The number of benzene rings is 1. The minimum Gasteiger partial charge on any atom is -0.348 e. The maximum Gasteiger partial charge on any atom is 0.147 e. The minimum atomic E-state index is -0.192. The fourth-order valence-electron chi connectivity index (χ4n) is 2.51. The van der Waals surface area contributed by atoms with Crippen molar-refractivity contribution in [2.45, 2.75) is 18.9 Å². The Morgan fingerprint density at radius 1 is 1.17 bits per heavy atom. The second-order valence-corrected chi connectivity index (χ2v) is 4.47. The van der Waals surface area contributed by atoms with Gasteiger partial charge in [0.15, 0.2) is 0 Å². The number of nitrogens with zero attached hydrogens (tertiary/aromatic N) is 3. The van der Waals surface area contributed by atoms with Gasteiger partial charge in [0.05, 0.1) is 12.2 Å². The first-order valence-corrected chi connectivity index (χ1v) is 6.13. The second kappa shape index (κ2) is 4.72. The van der Waals surface area contributed by atoms with Crippen LogP contribution in [0.15, 0.2) is 42.9 Å². The molecule has 4 heteroatoms. The van der Waals surface area contributed by atoms with Crippen molar-refractivity contribution in [3.63, 3.8) is 0 Å². The SMILES string of the molecule is Fc1ccc(C2CCCN2c2cnccn2)cc1. The van der Waals surface area contributed by atoms with Crippen molar-refractivity contribution in [1.29, 1.82) is 0 Å². The molecule has 3 nitrogen and oxygen atoms in total. The molecule has 1 aromatic carbocycles. The zero-order chi connectivity index (χ0) is 12.4. The van der Waals surface area contributed by atoms with Gasteiger partial charge in [-0.2, -0.15) is 0 Å². The Labute approximate surface area is 105 Å². The molecule has 92 valence electrons. The summed E-state index contributed by atoms with van der Waals surface area (Å²) in [6, 6.07) is 7.02. The Bertz CT molecular complexity index is 512. The average molecular weight is 243 g/mol. The molecular weight excluding hydrogens is 229 g/mol. The number of hydrogen-bond donors (Lipinski definition) is 0. The molecular formula is C14H14FN3. The molecule has 0 spiro atoms. The molecule has 18 heavy (non-hydrogen) atoms. The molecule has 2 aromatic rings. The zero-order valence-corrected chi connectivity index (χ0v) is 9.96. The van der Waals surface area contributed by atoms with Crippen molar-refractivity contribution in [1.82, 2.24) is 9.97 Å². The van der Waals surface area contributed by atoms with Crippen LogP contribution < -0.4 is 4.90 Å². The quantitative estimate of drug-likeness (QED) is 0.812. The van der Waals surface area contributed by atoms with E-state index in [2.05, 4.69) is 14.9 Å². The highest BCUT2D eigenvalue weighted by molar-refractivity contribution is 5.41. The lowest BCUT2D eigenvalue weighted by Gasteiger charge is -2.25. The lowest BCUT2D eigenvalue weighted by atomic mass is 10.0. The summed E-state index contributed by atoms with van der Waals surface area (Å²) in [5, 5.41) is 0. The third-order valence-corrected chi connectivity index (χ3v) is 3.35. The van der Waals surface area contributed by atoms with Gasteiger partial charge in [0.1, 0.15) is 11.6 Å². The van der Waals surface area contributed by atoms with E-state index >= 15 is 0 Å². The fraction of sp³-hybridized carbons (Fsp3) is 0.286. The molecule has 1 aliphatic rings. The van der Waals surface area contributed by atoms with E-state index in [1.165, 1.54) is 12.1 Å². The van der Waals surface area contributed by atoms with Gasteiger partial charge in [-0.25, -0.2) is 9.37 Å². The number of anilines is 1. The van der Waals surface area contributed by atoms with Crippen LogP contribution in [0.3, 0.4) is 0 Å². The number of halogens is 1. The summed E-state index contributed by atoms with van der Waals surface area (Å²) in [4.78, 5) is 10.7. The normalized spacial score (nSPS) is 19.2. The summed E-state index contributed by atoms with van der Waals surface area (Å²) in [6.07, 6.45) is 7.35. The summed E-state index contributed by atoms with van der Waals surface area (Å²) in [7, 11) is 0. The highest BCUT2D eigenvalue weighted by Crippen LogP contribution is 2.34. The summed E-state index contributed by atoms with van der Waals surface area (Å²) in [5.74, 6) is 0.701. The van der Waals surface area contributed by atoms with Crippen molar-refractivity contribution in [3.8, 4) is 0 Å². The maximum atomic E-state index is 13.0. The molecule has 0 bridgehead atoms. The van der Waals surface area contributed by atoms with E-state index in [1.54, 1.807) is 18.6 Å². The number of rotatable bonds is 2. The molecule has 0 saturated carbocycles. The van der Waals surface area contributed by atoms with Crippen LogP contribution >= 0.6 is 0 Å². The van der Waals surface area contributed by atoms with Crippen molar-refractivity contribution in [3.05, 3.63) is 54.2 Å². The maximum absolute atomic E-state index is 13.0. The first-order chi connectivity index (χ1) is 8.84. The highest BCUT2D eigenvalue weighted by atomic mass is 19.1. The summed E-state index contributed by atoms with van der Waals surface area (Å²) in [5.41, 5.74) is 1.14. The van der Waals surface area contributed by atoms with Crippen molar-refractivity contribution >= 4 is 5.82 Å². The van der Waals surface area contributed by atoms with Gasteiger partial charge in [-0.1, -0.05) is 12.1 Å². The summed E-state index contributed by atoms with van der Waals surface area (Å²) in [6.45, 7) is 0.973. The minimum absolute atomic E-state index is 0.192. The molecule has 0 amide bonds. The molecule has 0 radical (unpaired) electrons. The van der Waals surface area contributed by atoms with Gasteiger partial charge in [-0.3, -0.25) is 4.98 Å². The van der Waals surface area contributed by atoms with E-state index < -0.39 is 0 Å². The van der Waals surface area contributed by atoms with Crippen molar-refractivity contribution in [2.24, 2.45) is 0 Å². The van der Waals surface area contributed by atoms with Gasteiger partial charge < -0.3 is 4.90 Å². The largest absolute Gasteiger partial charge is 0.348 e. The van der Waals surface area contributed by atoms with Crippen LogP contribution in [0.25, 0.3) is 0 Å². The van der Waals surface area contributed by atoms with Gasteiger partial charge in [0, 0.05) is 18.9 Å². The first kappa shape index (κ1) is 11.1. The standard InChI is InChI=1S/C14H14FN3/c15-12-5-3-11(4-6-12)13-2-1-9-18(13)14-10-16-7-8-17-14/h3-8,10,13H,1-2,9H2. The van der Waals surface area contributed by atoms with Crippen LogP contribution in [0.2, 0.25) is 0 Å². The van der Waals surface area contributed by atoms with Gasteiger partial charge >= 0.3 is 0 Å². The Morgan fingerprint density at radius 3 is 2.72 bits per heavy atom. The molecule has 0 aliphatic carbocycles. The monoisotopic (exact) mass is 243 g/mol. The Hall–Kier alpha value is -1.97. The van der Waals surface area contributed by atoms with E-state index in [0.717, 1.165) is 30.8 Å². The van der Waals surface area contributed by atoms with Crippen molar-refractivity contribution in [2.75, 3.05) is 11.4 Å². The molecule has 1 aromatic heterocycles. The van der Waals surface area contributed by atoms with Gasteiger partial charge in [0.2, 0.25) is 0 Å². The zero-order valence-electron chi connectivity index (χ0n) is 9.96. The first-order valence-electron chi connectivity index (χ1n) is 6.13. The molecule has 1 atom stereocenters. The fourth-order valence-corrected chi connectivity index (χ4v) is 2.51. The topological polar surface area (TPSA) is 29.0 Å². The smallest absolute Gasteiger partial charge is 0.147 e. The molecule has 1 unspecified atom stereocenters. The Morgan fingerprint density at radius 2 is 2.00 bits per heavy atom.